The Labute approximate surface area is 116 Å². The third-order valence-electron chi connectivity index (χ3n) is 4.58. The minimum atomic E-state index is 0.0236. The first-order valence-corrected chi connectivity index (χ1v) is 7.62. The highest BCUT2D eigenvalue weighted by Crippen LogP contribution is 2.19. The normalized spacial score (nSPS) is 22.6. The van der Waals surface area contributed by atoms with Crippen molar-refractivity contribution in [2.75, 3.05) is 26.2 Å². The number of carbonyl (C=O) groups excluding carboxylic acids is 2. The molecule has 2 saturated heterocycles. The molecule has 4 nitrogen and oxygen atoms in total. The third kappa shape index (κ3) is 3.95. The molecule has 0 atom stereocenters. The van der Waals surface area contributed by atoms with Crippen LogP contribution in [0.15, 0.2) is 0 Å². The number of nitrogens with zero attached hydrogens (tertiary/aromatic N) is 2. The molecule has 2 rings (SSSR count). The Morgan fingerprint density at radius 1 is 0.789 bits per heavy atom. The first kappa shape index (κ1) is 14.4. The zero-order chi connectivity index (χ0) is 13.8. The predicted octanol–water partition coefficient (Wildman–Crippen LogP) is 1.89. The van der Waals surface area contributed by atoms with Crippen LogP contribution in [0.2, 0.25) is 0 Å². The van der Waals surface area contributed by atoms with Gasteiger partial charge in [-0.2, -0.15) is 0 Å². The van der Waals surface area contributed by atoms with Crippen molar-refractivity contribution in [1.82, 2.24) is 9.80 Å². The second-order valence-electron chi connectivity index (χ2n) is 6.30. The van der Waals surface area contributed by atoms with Crippen LogP contribution in [0.25, 0.3) is 0 Å². The van der Waals surface area contributed by atoms with Crippen molar-refractivity contribution in [3.8, 4) is 0 Å². The van der Waals surface area contributed by atoms with Gasteiger partial charge in [0.2, 0.25) is 11.8 Å². The summed E-state index contributed by atoms with van der Waals surface area (Å²) in [7, 11) is 0. The molecule has 0 aliphatic carbocycles. The standard InChI is InChI=1S/C15H26N2O2/c1-12-3-7-16(8-4-12)14(18)11-15(19)17-9-5-13(2)6-10-17/h12-13H,3-11H2,1-2H3. The summed E-state index contributed by atoms with van der Waals surface area (Å²) < 4.78 is 0. The van der Waals surface area contributed by atoms with E-state index in [1.165, 1.54) is 0 Å². The lowest BCUT2D eigenvalue weighted by Gasteiger charge is -2.33. The Kier molecular flexibility index (Phi) is 4.83. The van der Waals surface area contributed by atoms with E-state index in [0.29, 0.717) is 11.8 Å². The van der Waals surface area contributed by atoms with Crippen LogP contribution < -0.4 is 0 Å². The SMILES string of the molecule is CC1CCN(C(=O)CC(=O)N2CCC(C)CC2)CC1. The number of carbonyl (C=O) groups is 2. The Hall–Kier alpha value is -1.06. The topological polar surface area (TPSA) is 40.6 Å². The van der Waals surface area contributed by atoms with Gasteiger partial charge < -0.3 is 9.80 Å². The number of hydrogen-bond acceptors (Lipinski definition) is 2. The molecule has 4 heteroatoms. The van der Waals surface area contributed by atoms with Crippen molar-refractivity contribution >= 4 is 11.8 Å². The van der Waals surface area contributed by atoms with Crippen LogP contribution in [-0.4, -0.2) is 47.8 Å². The zero-order valence-electron chi connectivity index (χ0n) is 12.2. The van der Waals surface area contributed by atoms with Crippen molar-refractivity contribution in [2.24, 2.45) is 11.8 Å². The highest BCUT2D eigenvalue weighted by molar-refractivity contribution is 5.97. The Bertz CT molecular complexity index is 295. The van der Waals surface area contributed by atoms with Crippen molar-refractivity contribution in [1.29, 1.82) is 0 Å². The number of hydrogen-bond donors (Lipinski definition) is 0. The molecule has 2 heterocycles. The molecule has 19 heavy (non-hydrogen) atoms. The van der Waals surface area contributed by atoms with E-state index in [9.17, 15) is 9.59 Å². The summed E-state index contributed by atoms with van der Waals surface area (Å²) in [6, 6.07) is 0. The summed E-state index contributed by atoms with van der Waals surface area (Å²) in [5.41, 5.74) is 0. The first-order chi connectivity index (χ1) is 9.06. The smallest absolute Gasteiger partial charge is 0.232 e. The van der Waals surface area contributed by atoms with Crippen LogP contribution in [0.4, 0.5) is 0 Å². The molecule has 0 aromatic heterocycles. The van der Waals surface area contributed by atoms with E-state index in [0.717, 1.165) is 51.9 Å². The molecule has 0 saturated carbocycles. The highest BCUT2D eigenvalue weighted by Gasteiger charge is 2.26. The van der Waals surface area contributed by atoms with E-state index in [1.54, 1.807) is 0 Å². The lowest BCUT2D eigenvalue weighted by atomic mass is 9.98. The average Bonchev–Trinajstić information content (AvgIpc) is 2.40. The van der Waals surface area contributed by atoms with Gasteiger partial charge in [-0.15, -0.1) is 0 Å². The van der Waals surface area contributed by atoms with Gasteiger partial charge in [0.25, 0.3) is 0 Å². The van der Waals surface area contributed by atoms with Crippen molar-refractivity contribution < 1.29 is 9.59 Å². The fourth-order valence-corrected chi connectivity index (χ4v) is 2.87. The molecule has 2 amide bonds. The van der Waals surface area contributed by atoms with E-state index >= 15 is 0 Å². The van der Waals surface area contributed by atoms with Gasteiger partial charge in [0.15, 0.2) is 0 Å². The highest BCUT2D eigenvalue weighted by atomic mass is 16.2. The Morgan fingerprint density at radius 3 is 1.42 bits per heavy atom. The molecule has 0 aromatic rings. The fraction of sp³-hybridized carbons (Fsp3) is 0.867. The monoisotopic (exact) mass is 266 g/mol. The molecule has 2 aliphatic heterocycles. The summed E-state index contributed by atoms with van der Waals surface area (Å²) in [4.78, 5) is 27.9. The second kappa shape index (κ2) is 6.40. The minimum absolute atomic E-state index is 0.0236. The molecule has 0 aromatic carbocycles. The van der Waals surface area contributed by atoms with Crippen LogP contribution in [-0.2, 0) is 9.59 Å². The summed E-state index contributed by atoms with van der Waals surface area (Å²) in [5.74, 6) is 1.47. The summed E-state index contributed by atoms with van der Waals surface area (Å²) in [6.07, 6.45) is 4.35. The van der Waals surface area contributed by atoms with Crippen molar-refractivity contribution in [3.05, 3.63) is 0 Å². The van der Waals surface area contributed by atoms with Gasteiger partial charge in [-0.25, -0.2) is 0 Å². The van der Waals surface area contributed by atoms with E-state index in [1.807, 2.05) is 9.80 Å². The number of rotatable bonds is 2. The number of likely N-dealkylation sites (tertiary alicyclic amines) is 2. The molecular weight excluding hydrogens is 240 g/mol. The van der Waals surface area contributed by atoms with Gasteiger partial charge >= 0.3 is 0 Å². The van der Waals surface area contributed by atoms with Crippen LogP contribution in [0.5, 0.6) is 0 Å². The molecule has 0 radical (unpaired) electrons. The minimum Gasteiger partial charge on any atom is -0.342 e. The molecule has 0 unspecified atom stereocenters. The maximum atomic E-state index is 12.1. The summed E-state index contributed by atoms with van der Waals surface area (Å²) >= 11 is 0. The molecule has 0 spiro atoms. The summed E-state index contributed by atoms with van der Waals surface area (Å²) in [5, 5.41) is 0. The molecule has 108 valence electrons. The van der Waals surface area contributed by atoms with E-state index in [4.69, 9.17) is 0 Å². The van der Waals surface area contributed by atoms with Crippen LogP contribution in [0.3, 0.4) is 0 Å². The quantitative estimate of drug-likeness (QED) is 0.716. The second-order valence-corrected chi connectivity index (χ2v) is 6.30. The average molecular weight is 266 g/mol. The number of piperidine rings is 2. The lowest BCUT2D eigenvalue weighted by molar-refractivity contribution is -0.142. The Morgan fingerprint density at radius 2 is 1.11 bits per heavy atom. The van der Waals surface area contributed by atoms with Gasteiger partial charge in [-0.1, -0.05) is 13.8 Å². The summed E-state index contributed by atoms with van der Waals surface area (Å²) in [6.45, 7) is 7.74. The number of amides is 2. The molecular formula is C15H26N2O2. The van der Waals surface area contributed by atoms with Gasteiger partial charge in [-0.3, -0.25) is 9.59 Å². The van der Waals surface area contributed by atoms with Crippen LogP contribution in [0.1, 0.15) is 46.0 Å². The maximum Gasteiger partial charge on any atom is 0.232 e. The van der Waals surface area contributed by atoms with Gasteiger partial charge in [0, 0.05) is 26.2 Å². The lowest BCUT2D eigenvalue weighted by Crippen LogP contribution is -2.43. The molecule has 0 N–H and O–H groups in total. The van der Waals surface area contributed by atoms with Gasteiger partial charge in [0.1, 0.15) is 6.42 Å². The van der Waals surface area contributed by atoms with E-state index in [-0.39, 0.29) is 18.2 Å². The van der Waals surface area contributed by atoms with Gasteiger partial charge in [-0.05, 0) is 37.5 Å². The first-order valence-electron chi connectivity index (χ1n) is 7.62. The molecule has 0 bridgehead atoms. The predicted molar refractivity (Wildman–Crippen MR) is 74.6 cm³/mol. The Balaban J connectivity index is 1.77. The van der Waals surface area contributed by atoms with Crippen LogP contribution >= 0.6 is 0 Å². The molecule has 2 aliphatic rings. The fourth-order valence-electron chi connectivity index (χ4n) is 2.87. The largest absolute Gasteiger partial charge is 0.342 e. The van der Waals surface area contributed by atoms with E-state index in [2.05, 4.69) is 13.8 Å². The van der Waals surface area contributed by atoms with Crippen molar-refractivity contribution in [3.63, 3.8) is 0 Å². The zero-order valence-corrected chi connectivity index (χ0v) is 12.2. The van der Waals surface area contributed by atoms with Crippen LogP contribution in [0, 0.1) is 11.8 Å². The molecule has 2 fully saturated rings. The van der Waals surface area contributed by atoms with Crippen molar-refractivity contribution in [2.45, 2.75) is 46.0 Å². The maximum absolute atomic E-state index is 12.1. The van der Waals surface area contributed by atoms with Gasteiger partial charge in [0.05, 0.1) is 0 Å². The van der Waals surface area contributed by atoms with E-state index < -0.39 is 0 Å². The third-order valence-corrected chi connectivity index (χ3v) is 4.58.